The molecule has 2 aromatic carbocycles. The standard InChI is InChI=1S/C24H32O3/c1-2-3-4-7-15-22-16-18-23(19-17-22)27-24(25)26-20-11-6-10-14-21-12-8-5-9-13-21/h5,8-9,12-13,16-19H,2-4,6-7,10-11,14-15,20H2,1H3. The SMILES string of the molecule is CCCCCCc1ccc(OC(=O)OCCCCCc2ccccc2)cc1. The van der Waals surface area contributed by atoms with Crippen molar-refractivity contribution < 1.29 is 14.3 Å². The van der Waals surface area contributed by atoms with E-state index in [4.69, 9.17) is 9.47 Å². The molecule has 0 aromatic heterocycles. The van der Waals surface area contributed by atoms with E-state index >= 15 is 0 Å². The molecule has 0 fully saturated rings. The third-order valence-electron chi connectivity index (χ3n) is 4.62. The van der Waals surface area contributed by atoms with Crippen LogP contribution in [0, 0.1) is 0 Å². The maximum Gasteiger partial charge on any atom is 0.513 e. The first-order valence-corrected chi connectivity index (χ1v) is 10.3. The lowest BCUT2D eigenvalue weighted by atomic mass is 10.1. The number of carbonyl (C=O) groups is 1. The lowest BCUT2D eigenvalue weighted by molar-refractivity contribution is 0.0973. The highest BCUT2D eigenvalue weighted by molar-refractivity contribution is 5.63. The predicted octanol–water partition coefficient (Wildman–Crippen LogP) is 6.74. The molecule has 146 valence electrons. The second-order valence-corrected chi connectivity index (χ2v) is 6.95. The minimum atomic E-state index is -0.617. The van der Waals surface area contributed by atoms with Crippen LogP contribution in [0.25, 0.3) is 0 Å². The van der Waals surface area contributed by atoms with Crippen LogP contribution in [0.3, 0.4) is 0 Å². The van der Waals surface area contributed by atoms with E-state index in [0.717, 1.165) is 32.1 Å². The van der Waals surface area contributed by atoms with Crippen LogP contribution in [0.4, 0.5) is 4.79 Å². The lowest BCUT2D eigenvalue weighted by Gasteiger charge is -2.07. The first kappa shape index (κ1) is 21.0. The summed E-state index contributed by atoms with van der Waals surface area (Å²) in [5.74, 6) is 0.543. The van der Waals surface area contributed by atoms with Crippen LogP contribution in [0.5, 0.6) is 5.75 Å². The van der Waals surface area contributed by atoms with Crippen LogP contribution in [0.15, 0.2) is 54.6 Å². The van der Waals surface area contributed by atoms with E-state index in [9.17, 15) is 4.79 Å². The molecule has 0 amide bonds. The second-order valence-electron chi connectivity index (χ2n) is 6.95. The molecule has 3 nitrogen and oxygen atoms in total. The van der Waals surface area contributed by atoms with E-state index in [0.29, 0.717) is 12.4 Å². The number of benzene rings is 2. The predicted molar refractivity (Wildman–Crippen MR) is 110 cm³/mol. The molecule has 2 rings (SSSR count). The molecule has 0 radical (unpaired) electrons. The Balaban J connectivity index is 1.54. The fraction of sp³-hybridized carbons (Fsp3) is 0.458. The first-order chi connectivity index (χ1) is 13.3. The van der Waals surface area contributed by atoms with Gasteiger partial charge >= 0.3 is 6.16 Å². The summed E-state index contributed by atoms with van der Waals surface area (Å²) in [5, 5.41) is 0. The lowest BCUT2D eigenvalue weighted by Crippen LogP contribution is -2.11. The Morgan fingerprint density at radius 3 is 2.04 bits per heavy atom. The van der Waals surface area contributed by atoms with Gasteiger partial charge in [-0.25, -0.2) is 4.79 Å². The van der Waals surface area contributed by atoms with Crippen LogP contribution in [-0.2, 0) is 17.6 Å². The van der Waals surface area contributed by atoms with Gasteiger partial charge in [0.1, 0.15) is 5.75 Å². The van der Waals surface area contributed by atoms with Gasteiger partial charge in [0, 0.05) is 0 Å². The van der Waals surface area contributed by atoms with Crippen LogP contribution in [0.2, 0.25) is 0 Å². The van der Waals surface area contributed by atoms with Crippen molar-refractivity contribution in [2.75, 3.05) is 6.61 Å². The highest BCUT2D eigenvalue weighted by atomic mass is 16.7. The molecule has 0 unspecified atom stereocenters. The van der Waals surface area contributed by atoms with Gasteiger partial charge in [-0.3, -0.25) is 0 Å². The fourth-order valence-electron chi connectivity index (χ4n) is 3.01. The van der Waals surface area contributed by atoms with Crippen molar-refractivity contribution in [2.24, 2.45) is 0 Å². The number of hydrogen-bond acceptors (Lipinski definition) is 3. The number of carbonyl (C=O) groups excluding carboxylic acids is 1. The van der Waals surface area contributed by atoms with Crippen molar-refractivity contribution in [1.29, 1.82) is 0 Å². The van der Waals surface area contributed by atoms with Gasteiger partial charge in [0.25, 0.3) is 0 Å². The smallest absolute Gasteiger partial charge is 0.434 e. The van der Waals surface area contributed by atoms with Crippen LogP contribution in [-0.4, -0.2) is 12.8 Å². The molecule has 0 aliphatic heterocycles. The Morgan fingerprint density at radius 2 is 1.37 bits per heavy atom. The molecular weight excluding hydrogens is 336 g/mol. The second kappa shape index (κ2) is 13.0. The van der Waals surface area contributed by atoms with Crippen molar-refractivity contribution in [2.45, 2.75) is 64.7 Å². The topological polar surface area (TPSA) is 35.5 Å². The summed E-state index contributed by atoms with van der Waals surface area (Å²) < 4.78 is 10.4. The van der Waals surface area contributed by atoms with E-state index in [2.05, 4.69) is 31.2 Å². The summed E-state index contributed by atoms with van der Waals surface area (Å²) in [6, 6.07) is 18.2. The third kappa shape index (κ3) is 9.28. The van der Waals surface area contributed by atoms with Crippen molar-refractivity contribution in [3.8, 4) is 5.75 Å². The highest BCUT2D eigenvalue weighted by Crippen LogP contribution is 2.15. The number of rotatable bonds is 12. The van der Waals surface area contributed by atoms with Gasteiger partial charge in [-0.05, 0) is 61.8 Å². The minimum absolute atomic E-state index is 0.406. The Kier molecular flexibility index (Phi) is 10.1. The largest absolute Gasteiger partial charge is 0.513 e. The summed E-state index contributed by atoms with van der Waals surface area (Å²) in [6.45, 7) is 2.62. The summed E-state index contributed by atoms with van der Waals surface area (Å²) >= 11 is 0. The number of ether oxygens (including phenoxy) is 2. The summed E-state index contributed by atoms with van der Waals surface area (Å²) in [7, 11) is 0. The van der Waals surface area contributed by atoms with Gasteiger partial charge < -0.3 is 9.47 Å². The highest BCUT2D eigenvalue weighted by Gasteiger charge is 2.06. The summed E-state index contributed by atoms with van der Waals surface area (Å²) in [6.07, 6.45) is 9.54. The Morgan fingerprint density at radius 1 is 0.741 bits per heavy atom. The molecule has 27 heavy (non-hydrogen) atoms. The maximum atomic E-state index is 11.8. The van der Waals surface area contributed by atoms with Crippen molar-refractivity contribution in [1.82, 2.24) is 0 Å². The maximum absolute atomic E-state index is 11.8. The van der Waals surface area contributed by atoms with Crippen LogP contribution < -0.4 is 4.74 Å². The van der Waals surface area contributed by atoms with E-state index in [1.165, 1.54) is 36.8 Å². The minimum Gasteiger partial charge on any atom is -0.434 e. The van der Waals surface area contributed by atoms with Gasteiger partial charge in [0.2, 0.25) is 0 Å². The molecule has 0 aliphatic rings. The summed E-state index contributed by atoms with van der Waals surface area (Å²) in [4.78, 5) is 11.8. The van der Waals surface area contributed by atoms with Gasteiger partial charge in [0.15, 0.2) is 0 Å². The zero-order valence-corrected chi connectivity index (χ0v) is 16.5. The quantitative estimate of drug-likeness (QED) is 0.236. The normalized spacial score (nSPS) is 10.6. The van der Waals surface area contributed by atoms with E-state index < -0.39 is 6.16 Å². The van der Waals surface area contributed by atoms with Gasteiger partial charge in [0.05, 0.1) is 6.61 Å². The molecule has 3 heteroatoms. The fourth-order valence-corrected chi connectivity index (χ4v) is 3.01. The number of unbranched alkanes of at least 4 members (excludes halogenated alkanes) is 5. The zero-order chi connectivity index (χ0) is 19.2. The van der Waals surface area contributed by atoms with Gasteiger partial charge in [-0.2, -0.15) is 0 Å². The molecule has 0 bridgehead atoms. The van der Waals surface area contributed by atoms with E-state index in [1.807, 2.05) is 30.3 Å². The van der Waals surface area contributed by atoms with Crippen LogP contribution >= 0.6 is 0 Å². The molecular formula is C24H32O3. The van der Waals surface area contributed by atoms with Crippen LogP contribution in [0.1, 0.15) is 63.0 Å². The Hall–Kier alpha value is -2.29. The average molecular weight is 369 g/mol. The third-order valence-corrected chi connectivity index (χ3v) is 4.62. The summed E-state index contributed by atoms with van der Waals surface area (Å²) in [5.41, 5.74) is 2.64. The van der Waals surface area contributed by atoms with Gasteiger partial charge in [-0.1, -0.05) is 68.7 Å². The molecule has 0 aliphatic carbocycles. The molecule has 0 N–H and O–H groups in total. The van der Waals surface area contributed by atoms with Crippen molar-refractivity contribution in [3.63, 3.8) is 0 Å². The molecule has 0 heterocycles. The molecule has 0 spiro atoms. The van der Waals surface area contributed by atoms with Crippen molar-refractivity contribution in [3.05, 3.63) is 65.7 Å². The number of hydrogen-bond donors (Lipinski definition) is 0. The molecule has 0 saturated heterocycles. The van der Waals surface area contributed by atoms with Gasteiger partial charge in [-0.15, -0.1) is 0 Å². The Bertz CT molecular complexity index is 634. The van der Waals surface area contributed by atoms with E-state index in [1.54, 1.807) is 0 Å². The monoisotopic (exact) mass is 368 g/mol. The molecule has 0 saturated carbocycles. The average Bonchev–Trinajstić information content (AvgIpc) is 2.70. The molecule has 0 atom stereocenters. The number of aryl methyl sites for hydroxylation is 2. The zero-order valence-electron chi connectivity index (χ0n) is 16.5. The Labute approximate surface area is 163 Å². The van der Waals surface area contributed by atoms with E-state index in [-0.39, 0.29) is 0 Å². The molecule has 2 aromatic rings. The first-order valence-electron chi connectivity index (χ1n) is 10.3. The van der Waals surface area contributed by atoms with Crippen molar-refractivity contribution >= 4 is 6.16 Å².